The first-order valence-electron chi connectivity index (χ1n) is 6.33. The number of benzene rings is 1. The van der Waals surface area contributed by atoms with Gasteiger partial charge in [0.25, 0.3) is 5.56 Å². The van der Waals surface area contributed by atoms with Crippen molar-refractivity contribution in [3.63, 3.8) is 0 Å². The van der Waals surface area contributed by atoms with E-state index in [9.17, 15) is 14.3 Å². The van der Waals surface area contributed by atoms with Gasteiger partial charge in [-0.25, -0.2) is 4.39 Å². The Labute approximate surface area is 116 Å². The molecule has 2 aromatic rings. The van der Waals surface area contributed by atoms with Gasteiger partial charge in [-0.15, -0.1) is 0 Å². The monoisotopic (exact) mass is 277 g/mol. The highest BCUT2D eigenvalue weighted by Gasteiger charge is 2.08. The van der Waals surface area contributed by atoms with E-state index in [1.54, 1.807) is 31.3 Å². The molecule has 2 rings (SSSR count). The number of nitrogens with zero attached hydrogens (tertiary/aromatic N) is 1. The van der Waals surface area contributed by atoms with Crippen molar-refractivity contribution >= 4 is 0 Å². The zero-order valence-electron chi connectivity index (χ0n) is 11.1. The molecule has 1 aromatic carbocycles. The van der Waals surface area contributed by atoms with E-state index in [1.165, 1.54) is 22.8 Å². The fraction of sp³-hybridized carbons (Fsp3) is 0.267. The predicted octanol–water partition coefficient (Wildman–Crippen LogP) is 2.12. The molecule has 1 aromatic heterocycles. The number of aliphatic hydroxyl groups is 1. The molecule has 106 valence electrons. The van der Waals surface area contributed by atoms with E-state index in [1.807, 2.05) is 0 Å². The van der Waals surface area contributed by atoms with Gasteiger partial charge in [0.2, 0.25) is 0 Å². The van der Waals surface area contributed by atoms with E-state index in [0.29, 0.717) is 12.1 Å². The molecule has 0 aliphatic carbocycles. The van der Waals surface area contributed by atoms with Crippen molar-refractivity contribution in [2.45, 2.75) is 19.6 Å². The summed E-state index contributed by atoms with van der Waals surface area (Å²) in [6, 6.07) is 9.20. The summed E-state index contributed by atoms with van der Waals surface area (Å²) >= 11 is 0. The zero-order chi connectivity index (χ0) is 14.5. The van der Waals surface area contributed by atoms with E-state index in [0.717, 1.165) is 0 Å². The van der Waals surface area contributed by atoms with E-state index in [4.69, 9.17) is 4.74 Å². The summed E-state index contributed by atoms with van der Waals surface area (Å²) in [6.45, 7) is 2.10. The maximum absolute atomic E-state index is 13.7. The van der Waals surface area contributed by atoms with Crippen LogP contribution in [0.5, 0.6) is 5.75 Å². The van der Waals surface area contributed by atoms with Crippen LogP contribution in [0.25, 0.3) is 0 Å². The summed E-state index contributed by atoms with van der Waals surface area (Å²) in [5.74, 6) is -0.415. The fourth-order valence-electron chi connectivity index (χ4n) is 1.79. The number of ether oxygens (including phenoxy) is 1. The van der Waals surface area contributed by atoms with E-state index >= 15 is 0 Å². The third kappa shape index (κ3) is 3.45. The van der Waals surface area contributed by atoms with Gasteiger partial charge in [-0.1, -0.05) is 12.1 Å². The molecule has 0 unspecified atom stereocenters. The number of pyridine rings is 1. The second kappa shape index (κ2) is 6.34. The van der Waals surface area contributed by atoms with Gasteiger partial charge in [0.05, 0.1) is 12.6 Å². The number of rotatable bonds is 5. The van der Waals surface area contributed by atoms with Crippen molar-refractivity contribution in [2.24, 2.45) is 0 Å². The number of halogens is 1. The summed E-state index contributed by atoms with van der Waals surface area (Å²) in [5, 5.41) is 9.35. The Morgan fingerprint density at radius 3 is 2.80 bits per heavy atom. The first-order chi connectivity index (χ1) is 9.58. The second-order valence-electron chi connectivity index (χ2n) is 4.45. The van der Waals surface area contributed by atoms with Gasteiger partial charge in [0, 0.05) is 12.3 Å². The lowest BCUT2D eigenvalue weighted by Crippen LogP contribution is -2.21. The van der Waals surface area contributed by atoms with Crippen molar-refractivity contribution in [1.29, 1.82) is 0 Å². The molecule has 0 aliphatic rings. The Kier molecular flexibility index (Phi) is 4.53. The molecule has 0 amide bonds. The van der Waals surface area contributed by atoms with Crippen LogP contribution in [0, 0.1) is 5.82 Å². The van der Waals surface area contributed by atoms with E-state index < -0.39 is 11.9 Å². The van der Waals surface area contributed by atoms with Crippen LogP contribution in [-0.2, 0) is 6.54 Å². The molecule has 5 heteroatoms. The number of aromatic nitrogens is 1. The van der Waals surface area contributed by atoms with Gasteiger partial charge in [0.15, 0.2) is 11.6 Å². The summed E-state index contributed by atoms with van der Waals surface area (Å²) in [6.07, 6.45) is 0.930. The minimum Gasteiger partial charge on any atom is -0.489 e. The summed E-state index contributed by atoms with van der Waals surface area (Å²) in [4.78, 5) is 11.5. The van der Waals surface area contributed by atoms with Gasteiger partial charge in [0.1, 0.15) is 6.61 Å². The Morgan fingerprint density at radius 2 is 2.15 bits per heavy atom. The van der Waals surface area contributed by atoms with Crippen LogP contribution >= 0.6 is 0 Å². The molecule has 0 saturated heterocycles. The molecule has 1 heterocycles. The minimum absolute atomic E-state index is 0.110. The lowest BCUT2D eigenvalue weighted by atomic mass is 10.1. The predicted molar refractivity (Wildman–Crippen MR) is 73.2 cm³/mol. The highest BCUT2D eigenvalue weighted by molar-refractivity contribution is 5.30. The summed E-state index contributed by atoms with van der Waals surface area (Å²) in [5.41, 5.74) is 0.371. The number of hydrogen-bond acceptors (Lipinski definition) is 3. The maximum Gasteiger partial charge on any atom is 0.250 e. The Morgan fingerprint density at radius 1 is 1.35 bits per heavy atom. The van der Waals surface area contributed by atoms with Crippen LogP contribution in [0.1, 0.15) is 18.6 Å². The number of hydrogen-bond donors (Lipinski definition) is 1. The van der Waals surface area contributed by atoms with Crippen LogP contribution < -0.4 is 10.3 Å². The molecular weight excluding hydrogens is 261 g/mol. The van der Waals surface area contributed by atoms with Gasteiger partial charge in [-0.2, -0.15) is 0 Å². The smallest absolute Gasteiger partial charge is 0.250 e. The van der Waals surface area contributed by atoms with Gasteiger partial charge >= 0.3 is 0 Å². The Bertz CT molecular complexity index is 637. The molecule has 0 fully saturated rings. The van der Waals surface area contributed by atoms with Gasteiger partial charge < -0.3 is 14.4 Å². The van der Waals surface area contributed by atoms with Crippen molar-refractivity contribution in [3.8, 4) is 5.75 Å². The van der Waals surface area contributed by atoms with Gasteiger partial charge in [-0.05, 0) is 30.7 Å². The van der Waals surface area contributed by atoms with E-state index in [-0.39, 0.29) is 17.9 Å². The molecule has 1 atom stereocenters. The highest BCUT2D eigenvalue weighted by Crippen LogP contribution is 2.21. The topological polar surface area (TPSA) is 51.5 Å². The quantitative estimate of drug-likeness (QED) is 0.910. The SMILES string of the molecule is C[C@H](O)c1ccc(OCCn2ccccc2=O)c(F)c1. The number of aliphatic hydroxyl groups excluding tert-OH is 1. The molecular formula is C15H16FNO3. The van der Waals surface area contributed by atoms with Crippen LogP contribution in [0.15, 0.2) is 47.4 Å². The second-order valence-corrected chi connectivity index (χ2v) is 4.45. The van der Waals surface area contributed by atoms with Crippen molar-refractivity contribution < 1.29 is 14.2 Å². The van der Waals surface area contributed by atoms with Crippen LogP contribution in [0.4, 0.5) is 4.39 Å². The molecule has 20 heavy (non-hydrogen) atoms. The van der Waals surface area contributed by atoms with Crippen molar-refractivity contribution in [1.82, 2.24) is 4.57 Å². The molecule has 4 nitrogen and oxygen atoms in total. The van der Waals surface area contributed by atoms with Gasteiger partial charge in [-0.3, -0.25) is 4.79 Å². The normalized spacial score (nSPS) is 12.2. The first-order valence-corrected chi connectivity index (χ1v) is 6.33. The molecule has 0 aliphatic heterocycles. The standard InChI is InChI=1S/C15H16FNO3/c1-11(18)12-5-6-14(13(16)10-12)20-9-8-17-7-3-2-4-15(17)19/h2-7,10-11,18H,8-9H2,1H3/t11-/m0/s1. The highest BCUT2D eigenvalue weighted by atomic mass is 19.1. The van der Waals surface area contributed by atoms with Crippen LogP contribution in [-0.4, -0.2) is 16.3 Å². The molecule has 1 N–H and O–H groups in total. The largest absolute Gasteiger partial charge is 0.489 e. The summed E-state index contributed by atoms with van der Waals surface area (Å²) < 4.78 is 20.5. The molecule has 0 bridgehead atoms. The summed E-state index contributed by atoms with van der Waals surface area (Å²) in [7, 11) is 0. The lowest BCUT2D eigenvalue weighted by molar-refractivity contribution is 0.198. The van der Waals surface area contributed by atoms with Crippen molar-refractivity contribution in [3.05, 3.63) is 64.3 Å². The van der Waals surface area contributed by atoms with Crippen molar-refractivity contribution in [2.75, 3.05) is 6.61 Å². The van der Waals surface area contributed by atoms with E-state index in [2.05, 4.69) is 0 Å². The fourth-order valence-corrected chi connectivity index (χ4v) is 1.79. The maximum atomic E-state index is 13.7. The molecule has 0 radical (unpaired) electrons. The first kappa shape index (κ1) is 14.3. The van der Waals surface area contributed by atoms with Crippen LogP contribution in [0.3, 0.4) is 0 Å². The zero-order valence-corrected chi connectivity index (χ0v) is 11.1. The van der Waals surface area contributed by atoms with Crippen LogP contribution in [0.2, 0.25) is 0 Å². The average Bonchev–Trinajstić information content (AvgIpc) is 2.42. The Hall–Kier alpha value is -2.14. The molecule has 0 spiro atoms. The minimum atomic E-state index is -0.721. The lowest BCUT2D eigenvalue weighted by Gasteiger charge is -2.10. The average molecular weight is 277 g/mol. The Balaban J connectivity index is 1.98. The third-order valence-corrected chi connectivity index (χ3v) is 2.93. The third-order valence-electron chi connectivity index (χ3n) is 2.93. The molecule has 0 saturated carbocycles.